The minimum atomic E-state index is -5.01. The van der Waals surface area contributed by atoms with Gasteiger partial charge in [0, 0.05) is 23.4 Å². The smallest absolute Gasteiger partial charge is 0.418 e. The third kappa shape index (κ3) is 8.57. The molecule has 2 atom stereocenters. The third-order valence-corrected chi connectivity index (χ3v) is 8.13. The molecule has 2 aromatic heterocycles. The Bertz CT molecular complexity index is 1780. The molecule has 1 aromatic carbocycles. The van der Waals surface area contributed by atoms with Gasteiger partial charge in [0.15, 0.2) is 22.7 Å². The highest BCUT2D eigenvalue weighted by molar-refractivity contribution is 7.80. The average Bonchev–Trinajstić information content (AvgIpc) is 3.44. The Hall–Kier alpha value is -4.69. The molecule has 0 radical (unpaired) electrons. The summed E-state index contributed by atoms with van der Waals surface area (Å²) in [5.74, 6) is -3.10. The van der Waals surface area contributed by atoms with Crippen molar-refractivity contribution in [3.05, 3.63) is 59.4 Å². The fourth-order valence-electron chi connectivity index (χ4n) is 4.55. The van der Waals surface area contributed by atoms with Crippen LogP contribution in [-0.2, 0) is 47.4 Å². The molecule has 252 valence electrons. The number of thiazole rings is 1. The average molecular weight is 693 g/mol. The zero-order valence-electron chi connectivity index (χ0n) is 25.5. The zero-order valence-corrected chi connectivity index (χ0v) is 27.2. The van der Waals surface area contributed by atoms with Crippen LogP contribution in [0.5, 0.6) is 5.75 Å². The number of hydrogen-bond acceptors (Lipinski definition) is 13. The van der Waals surface area contributed by atoms with Gasteiger partial charge in [0.1, 0.15) is 31.1 Å². The van der Waals surface area contributed by atoms with Crippen molar-refractivity contribution in [1.82, 2.24) is 15.4 Å². The maximum atomic E-state index is 13.2. The topological polar surface area (TPSA) is 250 Å². The Morgan fingerprint density at radius 1 is 1.21 bits per heavy atom. The van der Waals surface area contributed by atoms with Crippen molar-refractivity contribution in [3.8, 4) is 16.9 Å². The molecule has 1 saturated heterocycles. The first-order valence-corrected chi connectivity index (χ1v) is 16.3. The first kappa shape index (κ1) is 35.2. The van der Waals surface area contributed by atoms with Gasteiger partial charge in [0.05, 0.1) is 5.54 Å². The first-order valence-electron chi connectivity index (χ1n) is 14.0. The number of nitrogens with one attached hydrogen (secondary N) is 1. The van der Waals surface area contributed by atoms with Crippen LogP contribution in [0.2, 0.25) is 0 Å². The number of aryl methyl sites for hydroxylation is 2. The van der Waals surface area contributed by atoms with E-state index in [0.717, 1.165) is 41.0 Å². The normalized spacial score (nSPS) is 16.7. The number of carbonyl (C=O) groups is 3. The number of amides is 2. The second-order valence-corrected chi connectivity index (χ2v) is 12.8. The fourth-order valence-corrected chi connectivity index (χ4v) is 5.55. The summed E-state index contributed by atoms with van der Waals surface area (Å²) in [4.78, 5) is 46.9. The lowest BCUT2D eigenvalue weighted by Gasteiger charge is -2.50. The van der Waals surface area contributed by atoms with Crippen LogP contribution in [0.4, 0.5) is 5.13 Å². The van der Waals surface area contributed by atoms with Crippen LogP contribution in [-0.4, -0.2) is 82.5 Å². The number of nitrogen functional groups attached to an aromatic ring is 1. The standard InChI is InChI=1S/C28H33N7O10S2/c1-28(2)23(25(37)35(28)45-47(40,41)42)32-24(36)22(20-15-46-27(30)31-20)33-44-21(26(38)39)14-43-19-10-7-16(8-11-19)17-6-9-18(5-4-12-29)34(3)13-17/h6-11,13,15,21,23H,4-5,12,14,29H2,1-3H3,(H4-,30,31,32,36,38,39,40,41,42)/p+1/b33-22-/t21-,23+/m0/s1. The van der Waals surface area contributed by atoms with E-state index in [1.165, 1.54) is 19.2 Å². The molecule has 7 N–H and O–H groups in total. The second-order valence-electron chi connectivity index (χ2n) is 10.9. The van der Waals surface area contributed by atoms with E-state index in [9.17, 15) is 27.9 Å². The van der Waals surface area contributed by atoms with Crippen LogP contribution in [0.15, 0.2) is 53.1 Å². The predicted octanol–water partition coefficient (Wildman–Crippen LogP) is 0.201. The van der Waals surface area contributed by atoms with Crippen LogP contribution >= 0.6 is 11.3 Å². The van der Waals surface area contributed by atoms with Crippen molar-refractivity contribution in [2.75, 3.05) is 18.9 Å². The lowest BCUT2D eigenvalue weighted by atomic mass is 9.84. The monoisotopic (exact) mass is 692 g/mol. The molecule has 0 aliphatic carbocycles. The number of aromatic nitrogens is 2. The van der Waals surface area contributed by atoms with Crippen molar-refractivity contribution in [3.63, 3.8) is 0 Å². The van der Waals surface area contributed by atoms with Gasteiger partial charge >= 0.3 is 16.4 Å². The number of ether oxygens (including phenoxy) is 1. The van der Waals surface area contributed by atoms with Crippen LogP contribution in [0.1, 0.15) is 31.7 Å². The van der Waals surface area contributed by atoms with Crippen molar-refractivity contribution in [2.24, 2.45) is 17.9 Å². The molecule has 1 aliphatic rings. The summed E-state index contributed by atoms with van der Waals surface area (Å²) < 4.78 is 43.1. The molecule has 1 fully saturated rings. The fraction of sp³-hybridized carbons (Fsp3) is 0.357. The molecule has 1 aliphatic heterocycles. The molecule has 3 heterocycles. The van der Waals surface area contributed by atoms with Gasteiger partial charge in [-0.1, -0.05) is 17.3 Å². The molecule has 3 aromatic rings. The number of aliphatic carboxylic acids is 1. The maximum Gasteiger partial charge on any atom is 0.418 e. The van der Waals surface area contributed by atoms with Crippen molar-refractivity contribution in [2.45, 2.75) is 44.4 Å². The van der Waals surface area contributed by atoms with E-state index < -0.39 is 58.2 Å². The van der Waals surface area contributed by atoms with E-state index in [4.69, 9.17) is 25.6 Å². The number of rotatable bonds is 15. The van der Waals surface area contributed by atoms with Crippen LogP contribution < -0.4 is 26.1 Å². The molecular weight excluding hydrogens is 658 g/mol. The predicted molar refractivity (Wildman–Crippen MR) is 167 cm³/mol. The van der Waals surface area contributed by atoms with Crippen molar-refractivity contribution < 1.29 is 50.9 Å². The van der Waals surface area contributed by atoms with Crippen LogP contribution in [0.3, 0.4) is 0 Å². The quantitative estimate of drug-likeness (QED) is 0.0470. The number of oxime groups is 1. The van der Waals surface area contributed by atoms with Gasteiger partial charge in [-0.3, -0.25) is 14.1 Å². The number of hydrogen-bond donors (Lipinski definition) is 5. The number of hydroxylamine groups is 2. The summed E-state index contributed by atoms with van der Waals surface area (Å²) in [5.41, 5.74) is 12.3. The minimum absolute atomic E-state index is 0.0612. The molecule has 19 heteroatoms. The Morgan fingerprint density at radius 3 is 2.45 bits per heavy atom. The van der Waals surface area contributed by atoms with E-state index in [1.807, 2.05) is 42.1 Å². The summed E-state index contributed by atoms with van der Waals surface area (Å²) >= 11 is 0.961. The number of benzene rings is 1. The highest BCUT2D eigenvalue weighted by Crippen LogP contribution is 2.33. The summed E-state index contributed by atoms with van der Waals surface area (Å²) in [6.07, 6.45) is 2.08. The number of pyridine rings is 1. The molecule has 47 heavy (non-hydrogen) atoms. The third-order valence-electron chi connectivity index (χ3n) is 7.11. The Morgan fingerprint density at radius 2 is 1.89 bits per heavy atom. The van der Waals surface area contributed by atoms with Gasteiger partial charge in [-0.25, -0.2) is 14.3 Å². The Kier molecular flexibility index (Phi) is 10.8. The van der Waals surface area contributed by atoms with Crippen LogP contribution in [0.25, 0.3) is 11.1 Å². The summed E-state index contributed by atoms with van der Waals surface area (Å²) in [6.45, 7) is 2.85. The molecule has 0 spiro atoms. The minimum Gasteiger partial charge on any atom is -0.489 e. The number of β-lactam (4-membered cyclic amide) rings is 1. The van der Waals surface area contributed by atoms with Gasteiger partial charge in [-0.2, -0.15) is 13.5 Å². The maximum absolute atomic E-state index is 13.2. The van der Waals surface area contributed by atoms with Crippen molar-refractivity contribution in [1.29, 1.82) is 0 Å². The van der Waals surface area contributed by atoms with Gasteiger partial charge < -0.3 is 31.5 Å². The van der Waals surface area contributed by atoms with Gasteiger partial charge in [0.25, 0.3) is 17.9 Å². The summed E-state index contributed by atoms with van der Waals surface area (Å²) in [5, 5.41) is 17.6. The largest absolute Gasteiger partial charge is 0.489 e. The number of nitrogens with zero attached hydrogens (tertiary/aromatic N) is 4. The molecule has 0 saturated carbocycles. The number of carbonyl (C=O) groups excluding carboxylic acids is 2. The van der Waals surface area contributed by atoms with E-state index in [2.05, 4.69) is 19.7 Å². The zero-order chi connectivity index (χ0) is 34.5. The molecular formula is C28H34N7O10S2+. The lowest BCUT2D eigenvalue weighted by Crippen LogP contribution is -2.76. The van der Waals surface area contributed by atoms with E-state index in [-0.39, 0.29) is 10.8 Å². The van der Waals surface area contributed by atoms with Crippen LogP contribution in [0, 0.1) is 0 Å². The highest BCUT2D eigenvalue weighted by Gasteiger charge is 2.58. The van der Waals surface area contributed by atoms with E-state index in [0.29, 0.717) is 17.4 Å². The molecule has 2 amide bonds. The number of nitrogens with two attached hydrogens (primary N) is 2. The molecule has 4 rings (SSSR count). The Labute approximate surface area is 273 Å². The van der Waals surface area contributed by atoms with E-state index >= 15 is 0 Å². The van der Waals surface area contributed by atoms with Gasteiger partial charge in [0.2, 0.25) is 0 Å². The van der Waals surface area contributed by atoms with Crippen molar-refractivity contribution >= 4 is 50.4 Å². The molecule has 0 bridgehead atoms. The van der Waals surface area contributed by atoms with Gasteiger partial charge in [-0.15, -0.1) is 15.6 Å². The Balaban J connectivity index is 1.44. The number of anilines is 1. The SMILES string of the molecule is C[n+]1cc(-c2ccc(OC[C@H](O/N=C(\C(=O)N[C@@H]3C(=O)N(OS(=O)(=O)O)C3(C)C)c3csc(N)n3)C(=O)O)cc2)ccc1CCCN. The molecule has 0 unspecified atom stereocenters. The lowest BCUT2D eigenvalue weighted by molar-refractivity contribution is -0.678. The first-order chi connectivity index (χ1) is 22.1. The number of carboxylic acids is 1. The second kappa shape index (κ2) is 14.4. The van der Waals surface area contributed by atoms with E-state index in [1.54, 1.807) is 12.1 Å². The van der Waals surface area contributed by atoms with Gasteiger partial charge in [-0.05, 0) is 50.6 Å². The highest BCUT2D eigenvalue weighted by atomic mass is 32.3. The summed E-state index contributed by atoms with van der Waals surface area (Å²) in [6, 6.07) is 9.70. The number of carboxylic acid groups (broad SMARTS) is 1. The summed E-state index contributed by atoms with van der Waals surface area (Å²) in [7, 11) is -3.05. The molecule has 17 nitrogen and oxygen atoms in total.